The van der Waals surface area contributed by atoms with Crippen LogP contribution in [0.5, 0.6) is 5.88 Å². The minimum Gasteiger partial charge on any atom is -0.466 e. The highest BCUT2D eigenvalue weighted by Gasteiger charge is 2.29. The number of nitrogen functional groups attached to an aromatic ring is 2. The Hall–Kier alpha value is -1.44. The van der Waals surface area contributed by atoms with Crippen LogP contribution in [0.15, 0.2) is 0 Å². The Morgan fingerprint density at radius 1 is 1.27 bits per heavy atom. The van der Waals surface area contributed by atoms with E-state index >= 15 is 0 Å². The molecule has 5 nitrogen and oxygen atoms in total. The fourth-order valence-corrected chi connectivity index (χ4v) is 0.866. The Bertz CT molecular complexity index is 370. The van der Waals surface area contributed by atoms with E-state index in [0.29, 0.717) is 0 Å². The fraction of sp³-hybridized carbons (Fsp3) is 0.333. The van der Waals surface area contributed by atoms with Crippen molar-refractivity contribution in [2.45, 2.75) is 6.18 Å². The third kappa shape index (κ3) is 3.31. The van der Waals surface area contributed by atoms with Crippen LogP contribution < -0.4 is 16.2 Å². The summed E-state index contributed by atoms with van der Waals surface area (Å²) in [5.41, 5.74) is 10.1. The molecule has 0 amide bonds. The molecule has 84 valence electrons. The molecule has 0 spiro atoms. The lowest BCUT2D eigenvalue weighted by Crippen LogP contribution is -2.20. The van der Waals surface area contributed by atoms with Crippen LogP contribution >= 0.6 is 11.6 Å². The van der Waals surface area contributed by atoms with Crippen LogP contribution in [-0.4, -0.2) is 22.8 Å². The van der Waals surface area contributed by atoms with Crippen molar-refractivity contribution in [3.05, 3.63) is 5.15 Å². The van der Waals surface area contributed by atoms with Crippen molar-refractivity contribution >= 4 is 23.2 Å². The summed E-state index contributed by atoms with van der Waals surface area (Å²) < 4.78 is 39.7. The Morgan fingerprint density at radius 3 is 2.40 bits per heavy atom. The molecule has 1 rings (SSSR count). The molecule has 9 heteroatoms. The van der Waals surface area contributed by atoms with E-state index in [1.807, 2.05) is 0 Å². The molecule has 1 aromatic heterocycles. The lowest BCUT2D eigenvalue weighted by molar-refractivity contribution is -0.153. The molecule has 1 heterocycles. The van der Waals surface area contributed by atoms with Gasteiger partial charge in [-0.25, -0.2) is 0 Å². The van der Waals surface area contributed by atoms with Gasteiger partial charge in [0.05, 0.1) is 0 Å². The van der Waals surface area contributed by atoms with Crippen molar-refractivity contribution < 1.29 is 17.9 Å². The summed E-state index contributed by atoms with van der Waals surface area (Å²) in [6, 6.07) is 0. The monoisotopic (exact) mass is 242 g/mol. The van der Waals surface area contributed by atoms with Crippen molar-refractivity contribution in [1.82, 2.24) is 9.97 Å². The maximum atomic E-state index is 11.8. The Balaban J connectivity index is 2.86. The van der Waals surface area contributed by atoms with Gasteiger partial charge in [-0.2, -0.15) is 23.1 Å². The van der Waals surface area contributed by atoms with Crippen LogP contribution in [0.25, 0.3) is 0 Å². The van der Waals surface area contributed by atoms with Crippen LogP contribution in [0.3, 0.4) is 0 Å². The van der Waals surface area contributed by atoms with Gasteiger partial charge in [-0.1, -0.05) is 11.6 Å². The third-order valence-corrected chi connectivity index (χ3v) is 1.54. The number of hydrogen-bond donors (Lipinski definition) is 2. The first kappa shape index (κ1) is 11.6. The second-order valence-corrected chi connectivity index (χ2v) is 2.85. The maximum absolute atomic E-state index is 11.8. The SMILES string of the molecule is Nc1nc(Cl)c(N)c(OCC(F)(F)F)n1. The minimum atomic E-state index is -4.49. The van der Waals surface area contributed by atoms with Gasteiger partial charge in [-0.3, -0.25) is 0 Å². The molecule has 1 aromatic rings. The molecule has 4 N–H and O–H groups in total. The predicted octanol–water partition coefficient (Wildman–Crippen LogP) is 1.24. The molecular weight excluding hydrogens is 237 g/mol. The van der Waals surface area contributed by atoms with Gasteiger partial charge in [0, 0.05) is 0 Å². The number of ether oxygens (including phenoxy) is 1. The first-order valence-electron chi connectivity index (χ1n) is 3.57. The van der Waals surface area contributed by atoms with E-state index in [2.05, 4.69) is 14.7 Å². The highest BCUT2D eigenvalue weighted by molar-refractivity contribution is 6.32. The number of alkyl halides is 3. The van der Waals surface area contributed by atoms with Gasteiger partial charge < -0.3 is 16.2 Å². The van der Waals surface area contributed by atoms with Crippen molar-refractivity contribution in [2.75, 3.05) is 18.1 Å². The molecule has 0 bridgehead atoms. The Kier molecular flexibility index (Phi) is 3.08. The van der Waals surface area contributed by atoms with Gasteiger partial charge in [0.15, 0.2) is 11.8 Å². The van der Waals surface area contributed by atoms with E-state index in [1.54, 1.807) is 0 Å². The number of anilines is 2. The molecule has 0 saturated heterocycles. The van der Waals surface area contributed by atoms with Crippen molar-refractivity contribution in [2.24, 2.45) is 0 Å². The highest BCUT2D eigenvalue weighted by atomic mass is 35.5. The van der Waals surface area contributed by atoms with Crippen LogP contribution in [0.2, 0.25) is 5.15 Å². The number of nitrogens with two attached hydrogens (primary N) is 2. The van der Waals surface area contributed by atoms with Gasteiger partial charge in [0.2, 0.25) is 11.8 Å². The Morgan fingerprint density at radius 2 is 1.87 bits per heavy atom. The number of aromatic nitrogens is 2. The van der Waals surface area contributed by atoms with Gasteiger partial charge in [0.1, 0.15) is 5.69 Å². The topological polar surface area (TPSA) is 87.0 Å². The molecule has 15 heavy (non-hydrogen) atoms. The van der Waals surface area contributed by atoms with Crippen LogP contribution in [0.1, 0.15) is 0 Å². The average Bonchev–Trinajstić information content (AvgIpc) is 2.07. The van der Waals surface area contributed by atoms with E-state index in [1.165, 1.54) is 0 Å². The lowest BCUT2D eigenvalue weighted by atomic mass is 10.5. The number of hydrogen-bond acceptors (Lipinski definition) is 5. The summed E-state index contributed by atoms with van der Waals surface area (Å²) in [5, 5.41) is -0.250. The zero-order valence-corrected chi connectivity index (χ0v) is 7.93. The van der Waals surface area contributed by atoms with Crippen molar-refractivity contribution in [1.29, 1.82) is 0 Å². The Labute approximate surface area is 87.2 Å². The molecule has 0 unspecified atom stereocenters. The molecule has 0 radical (unpaired) electrons. The minimum absolute atomic E-state index is 0.250. The number of halogens is 4. The maximum Gasteiger partial charge on any atom is 0.422 e. The summed E-state index contributed by atoms with van der Waals surface area (Å²) in [6.45, 7) is -1.52. The normalized spacial score (nSPS) is 11.5. The molecule has 0 fully saturated rings. The molecule has 0 atom stereocenters. The first-order valence-corrected chi connectivity index (χ1v) is 3.95. The summed E-state index contributed by atoms with van der Waals surface area (Å²) in [6.07, 6.45) is -4.49. The van der Waals surface area contributed by atoms with Crippen LogP contribution in [0, 0.1) is 0 Å². The standard InChI is InChI=1S/C6H6ClF3N4O/c7-3-2(11)4(14-5(12)13-3)15-1-6(8,9)10/h1,11H2,(H2,12,13,14). The molecule has 0 saturated carbocycles. The summed E-state index contributed by atoms with van der Waals surface area (Å²) in [7, 11) is 0. The highest BCUT2D eigenvalue weighted by Crippen LogP contribution is 2.27. The largest absolute Gasteiger partial charge is 0.466 e. The van der Waals surface area contributed by atoms with Crippen LogP contribution in [0.4, 0.5) is 24.8 Å². The molecule has 0 aliphatic heterocycles. The molecular formula is C6H6ClF3N4O. The third-order valence-electron chi connectivity index (χ3n) is 1.25. The van der Waals surface area contributed by atoms with Crippen molar-refractivity contribution in [3.63, 3.8) is 0 Å². The number of rotatable bonds is 2. The smallest absolute Gasteiger partial charge is 0.422 e. The van der Waals surface area contributed by atoms with Gasteiger partial charge >= 0.3 is 6.18 Å². The van der Waals surface area contributed by atoms with Crippen LogP contribution in [-0.2, 0) is 0 Å². The molecule has 0 aliphatic rings. The molecule has 0 aliphatic carbocycles. The second kappa shape index (κ2) is 3.97. The quantitative estimate of drug-likeness (QED) is 0.762. The van der Waals surface area contributed by atoms with E-state index in [0.717, 1.165) is 0 Å². The average molecular weight is 243 g/mol. The second-order valence-electron chi connectivity index (χ2n) is 2.50. The molecule has 0 aromatic carbocycles. The van der Waals surface area contributed by atoms with E-state index < -0.39 is 18.7 Å². The summed E-state index contributed by atoms with van der Waals surface area (Å²) in [4.78, 5) is 6.80. The number of nitrogens with zero attached hydrogens (tertiary/aromatic N) is 2. The van der Waals surface area contributed by atoms with Crippen molar-refractivity contribution in [3.8, 4) is 5.88 Å². The van der Waals surface area contributed by atoms with Gasteiger partial charge in [0.25, 0.3) is 0 Å². The van der Waals surface area contributed by atoms with Gasteiger partial charge in [-0.15, -0.1) is 0 Å². The summed E-state index contributed by atoms with van der Waals surface area (Å²) >= 11 is 5.45. The van der Waals surface area contributed by atoms with E-state index in [-0.39, 0.29) is 16.8 Å². The van der Waals surface area contributed by atoms with E-state index in [9.17, 15) is 13.2 Å². The fourth-order valence-electron chi connectivity index (χ4n) is 0.699. The zero-order chi connectivity index (χ0) is 11.6. The van der Waals surface area contributed by atoms with Gasteiger partial charge in [-0.05, 0) is 0 Å². The first-order chi connectivity index (χ1) is 6.79. The van der Waals surface area contributed by atoms with E-state index in [4.69, 9.17) is 23.1 Å². The zero-order valence-electron chi connectivity index (χ0n) is 7.18. The predicted molar refractivity (Wildman–Crippen MR) is 47.4 cm³/mol. The lowest BCUT2D eigenvalue weighted by Gasteiger charge is -2.10. The summed E-state index contributed by atoms with van der Waals surface area (Å²) in [5.74, 6) is -0.795.